The Labute approximate surface area is 110 Å². The van der Waals surface area contributed by atoms with Gasteiger partial charge in [-0.3, -0.25) is 20.2 Å². The third-order valence-electron chi connectivity index (χ3n) is 1.62. The van der Waals surface area contributed by atoms with Crippen LogP contribution in [0.1, 0.15) is 10.4 Å². The van der Waals surface area contributed by atoms with Gasteiger partial charge in [-0.25, -0.2) is 4.79 Å². The molecule has 0 aliphatic heterocycles. The van der Waals surface area contributed by atoms with E-state index in [-0.39, 0.29) is 29.6 Å². The Morgan fingerprint density at radius 2 is 1.75 bits per heavy atom. The number of aromatic carboxylic acids is 1. The van der Waals surface area contributed by atoms with Gasteiger partial charge in [-0.05, 0) is 6.07 Å². The molecule has 0 saturated heterocycles. The summed E-state index contributed by atoms with van der Waals surface area (Å²) in [5.74, 6) is -1.58. The molecule has 0 unspecified atom stereocenters. The van der Waals surface area contributed by atoms with E-state index in [4.69, 9.17) is 5.11 Å². The fraction of sp³-hybridized carbons (Fsp3) is 0. The summed E-state index contributed by atoms with van der Waals surface area (Å²) in [4.78, 5) is 29.4. The van der Waals surface area contributed by atoms with Crippen LogP contribution in [-0.2, 0) is 0 Å². The molecule has 0 fully saturated rings. The zero-order valence-electron chi connectivity index (χ0n) is 7.11. The molecule has 1 rings (SSSR count). The second kappa shape index (κ2) is 5.54. The van der Waals surface area contributed by atoms with Gasteiger partial charge >= 0.3 is 46.9 Å². The summed E-state index contributed by atoms with van der Waals surface area (Å²) in [6, 6.07) is 2.90. The summed E-state index contributed by atoms with van der Waals surface area (Å²) >= 11 is 0. The van der Waals surface area contributed by atoms with Crippen LogP contribution in [0.5, 0.6) is 0 Å². The fourth-order valence-corrected chi connectivity index (χ4v) is 1.04. The van der Waals surface area contributed by atoms with E-state index in [0.717, 1.165) is 18.2 Å². The first-order valence-electron chi connectivity index (χ1n) is 3.60. The number of nitrogens with zero attached hydrogens (tertiary/aromatic N) is 2. The summed E-state index contributed by atoms with van der Waals surface area (Å²) < 4.78 is 0. The van der Waals surface area contributed by atoms with Crippen LogP contribution in [0, 0.1) is 20.2 Å². The van der Waals surface area contributed by atoms with Crippen LogP contribution in [0.2, 0.25) is 0 Å². The second-order valence-electron chi connectivity index (χ2n) is 2.49. The van der Waals surface area contributed by atoms with Gasteiger partial charge in [-0.2, -0.15) is 0 Å². The molecule has 0 aliphatic rings. The van der Waals surface area contributed by atoms with Crippen molar-refractivity contribution >= 4 is 46.9 Å². The number of hydrogen-bond acceptors (Lipinski definition) is 5. The maximum atomic E-state index is 10.6. The maximum absolute atomic E-state index is 10.6. The van der Waals surface area contributed by atoms with E-state index in [9.17, 15) is 25.0 Å². The molecule has 0 spiro atoms. The Bertz CT molecular complexity index is 428. The summed E-state index contributed by atoms with van der Waals surface area (Å²) in [5.41, 5.74) is -2.54. The molecule has 1 N–H and O–H groups in total. The number of hydrogen-bond donors (Lipinski definition) is 1. The van der Waals surface area contributed by atoms with Crippen molar-refractivity contribution in [3.8, 4) is 0 Å². The van der Waals surface area contributed by atoms with Crippen molar-refractivity contribution in [3.63, 3.8) is 0 Å². The van der Waals surface area contributed by atoms with Crippen molar-refractivity contribution in [2.75, 3.05) is 0 Å². The van der Waals surface area contributed by atoms with Gasteiger partial charge in [-0.1, -0.05) is 6.07 Å². The van der Waals surface area contributed by atoms with Crippen molar-refractivity contribution < 1.29 is 19.7 Å². The van der Waals surface area contributed by atoms with Crippen LogP contribution in [0.3, 0.4) is 0 Å². The van der Waals surface area contributed by atoms with E-state index in [2.05, 4.69) is 0 Å². The first-order valence-corrected chi connectivity index (χ1v) is 3.60. The Morgan fingerprint density at radius 1 is 1.19 bits per heavy atom. The number of carboxylic acid groups (broad SMARTS) is 1. The SMILES string of the molecule is O=C(O)c1cccc([N+](=O)[O-])c1[N+](=O)[O-].[NaH]. The molecule has 16 heavy (non-hydrogen) atoms. The number of nitro groups is 2. The summed E-state index contributed by atoms with van der Waals surface area (Å²) in [7, 11) is 0. The van der Waals surface area contributed by atoms with Gasteiger partial charge in [0.2, 0.25) is 0 Å². The van der Waals surface area contributed by atoms with Crippen LogP contribution in [0.4, 0.5) is 11.4 Å². The molecule has 1 aromatic carbocycles. The van der Waals surface area contributed by atoms with E-state index in [1.54, 1.807) is 0 Å². The summed E-state index contributed by atoms with van der Waals surface area (Å²) in [6.07, 6.45) is 0. The number of para-hydroxylation sites is 1. The van der Waals surface area contributed by atoms with Gasteiger partial charge < -0.3 is 5.11 Å². The van der Waals surface area contributed by atoms with E-state index >= 15 is 0 Å². The average molecular weight is 236 g/mol. The van der Waals surface area contributed by atoms with Gasteiger partial charge in [0.1, 0.15) is 5.56 Å². The third kappa shape index (κ3) is 2.75. The minimum atomic E-state index is -1.58. The van der Waals surface area contributed by atoms with E-state index in [0.29, 0.717) is 0 Å². The number of nitro benzene ring substituents is 2. The van der Waals surface area contributed by atoms with Crippen LogP contribution >= 0.6 is 0 Å². The van der Waals surface area contributed by atoms with Crippen molar-refractivity contribution in [3.05, 3.63) is 44.0 Å². The number of rotatable bonds is 3. The standard InChI is InChI=1S/C7H4N2O6.Na.H/c10-7(11)4-2-1-3-5(8(12)13)6(4)9(14)15;;/h1-3H,(H,10,11);;. The molecule has 0 saturated carbocycles. The molecule has 0 aliphatic carbocycles. The number of carbonyl (C=O) groups is 1. The number of carboxylic acids is 1. The van der Waals surface area contributed by atoms with Crippen LogP contribution < -0.4 is 0 Å². The zero-order valence-corrected chi connectivity index (χ0v) is 7.11. The third-order valence-corrected chi connectivity index (χ3v) is 1.62. The topological polar surface area (TPSA) is 124 Å². The van der Waals surface area contributed by atoms with Crippen LogP contribution in [-0.4, -0.2) is 50.5 Å². The summed E-state index contributed by atoms with van der Waals surface area (Å²) in [5, 5.41) is 29.5. The molecule has 0 atom stereocenters. The van der Waals surface area contributed by atoms with Crippen LogP contribution in [0.15, 0.2) is 18.2 Å². The van der Waals surface area contributed by atoms with Crippen molar-refractivity contribution in [1.82, 2.24) is 0 Å². The minimum absolute atomic E-state index is 0. The molecule has 80 valence electrons. The van der Waals surface area contributed by atoms with Gasteiger partial charge in [0.25, 0.3) is 0 Å². The molecule has 8 nitrogen and oxygen atoms in total. The van der Waals surface area contributed by atoms with Crippen LogP contribution in [0.25, 0.3) is 0 Å². The molecular formula is C7H5N2NaO6. The molecule has 9 heteroatoms. The van der Waals surface area contributed by atoms with Gasteiger partial charge in [0.15, 0.2) is 0 Å². The van der Waals surface area contributed by atoms with Crippen molar-refractivity contribution in [2.24, 2.45) is 0 Å². The normalized spacial score (nSPS) is 9.00. The predicted octanol–water partition coefficient (Wildman–Crippen LogP) is 0.553. The monoisotopic (exact) mass is 236 g/mol. The molecule has 1 aromatic rings. The van der Waals surface area contributed by atoms with E-state index in [1.807, 2.05) is 0 Å². The molecule has 0 amide bonds. The Kier molecular flexibility index (Phi) is 5.02. The second-order valence-corrected chi connectivity index (χ2v) is 2.49. The molecular weight excluding hydrogens is 231 g/mol. The zero-order chi connectivity index (χ0) is 11.6. The van der Waals surface area contributed by atoms with E-state index in [1.165, 1.54) is 0 Å². The van der Waals surface area contributed by atoms with Crippen molar-refractivity contribution in [2.45, 2.75) is 0 Å². The fourth-order valence-electron chi connectivity index (χ4n) is 1.04. The molecule has 0 aromatic heterocycles. The average Bonchev–Trinajstić information content (AvgIpc) is 2.16. The summed E-state index contributed by atoms with van der Waals surface area (Å²) in [6.45, 7) is 0. The Morgan fingerprint density at radius 3 is 2.12 bits per heavy atom. The van der Waals surface area contributed by atoms with Gasteiger partial charge in [0.05, 0.1) is 9.85 Å². The molecule has 0 bridgehead atoms. The van der Waals surface area contributed by atoms with Gasteiger partial charge in [0, 0.05) is 6.07 Å². The quantitative estimate of drug-likeness (QED) is 0.464. The number of benzene rings is 1. The molecule has 0 heterocycles. The first kappa shape index (κ1) is 14.5. The Balaban J connectivity index is 0.00000225. The molecule has 0 radical (unpaired) electrons. The van der Waals surface area contributed by atoms with E-state index < -0.39 is 32.8 Å². The van der Waals surface area contributed by atoms with Gasteiger partial charge in [-0.15, -0.1) is 0 Å². The predicted molar refractivity (Wildman–Crippen MR) is 53.9 cm³/mol. The van der Waals surface area contributed by atoms with Crippen molar-refractivity contribution in [1.29, 1.82) is 0 Å². The first-order chi connectivity index (χ1) is 6.95. The Hall–Kier alpha value is -1.51.